The maximum absolute atomic E-state index is 13.4. The summed E-state index contributed by atoms with van der Waals surface area (Å²) in [6.07, 6.45) is 4.76. The topological polar surface area (TPSA) is 12.0 Å². The van der Waals surface area contributed by atoms with Gasteiger partial charge in [0.05, 0.1) is 0 Å². The zero-order valence-electron chi connectivity index (χ0n) is 11.3. The first kappa shape index (κ1) is 15.1. The average molecular weight is 255 g/mol. The highest BCUT2D eigenvalue weighted by Gasteiger charge is 2.07. The van der Waals surface area contributed by atoms with E-state index in [1.807, 2.05) is 0 Å². The van der Waals surface area contributed by atoms with Crippen molar-refractivity contribution >= 4 is 0 Å². The molecule has 0 bridgehead atoms. The molecule has 0 saturated heterocycles. The Morgan fingerprint density at radius 1 is 1.22 bits per heavy atom. The molecule has 1 aromatic rings. The molecule has 1 atom stereocenters. The van der Waals surface area contributed by atoms with Crippen molar-refractivity contribution in [2.75, 3.05) is 6.54 Å². The minimum atomic E-state index is -0.383. The van der Waals surface area contributed by atoms with Crippen LogP contribution in [0.2, 0.25) is 0 Å². The lowest BCUT2D eigenvalue weighted by Crippen LogP contribution is -2.22. The predicted molar refractivity (Wildman–Crippen MR) is 71.4 cm³/mol. The van der Waals surface area contributed by atoms with Crippen molar-refractivity contribution in [2.24, 2.45) is 5.92 Å². The van der Waals surface area contributed by atoms with Crippen LogP contribution in [-0.4, -0.2) is 6.54 Å². The van der Waals surface area contributed by atoms with Gasteiger partial charge in [0.15, 0.2) is 0 Å². The molecule has 3 heteroatoms. The van der Waals surface area contributed by atoms with Crippen LogP contribution >= 0.6 is 0 Å². The zero-order valence-corrected chi connectivity index (χ0v) is 11.3. The Bertz CT molecular complexity index is 352. The maximum Gasteiger partial charge on any atom is 0.127 e. The van der Waals surface area contributed by atoms with E-state index in [0.29, 0.717) is 18.0 Å². The predicted octanol–water partition coefficient (Wildman–Crippen LogP) is 4.27. The lowest BCUT2D eigenvalue weighted by molar-refractivity contribution is 0.416. The summed E-state index contributed by atoms with van der Waals surface area (Å²) >= 11 is 0. The number of rotatable bonds is 8. The van der Waals surface area contributed by atoms with Gasteiger partial charge < -0.3 is 5.32 Å². The summed E-state index contributed by atoms with van der Waals surface area (Å²) < 4.78 is 26.3. The number of halogens is 2. The maximum atomic E-state index is 13.4. The van der Waals surface area contributed by atoms with E-state index in [1.165, 1.54) is 31.4 Å². The normalized spacial score (nSPS) is 12.7. The van der Waals surface area contributed by atoms with Crippen molar-refractivity contribution in [3.63, 3.8) is 0 Å². The molecule has 0 amide bonds. The summed E-state index contributed by atoms with van der Waals surface area (Å²) in [4.78, 5) is 0. The van der Waals surface area contributed by atoms with Gasteiger partial charge in [-0.25, -0.2) is 8.78 Å². The van der Waals surface area contributed by atoms with Crippen LogP contribution in [0, 0.1) is 17.6 Å². The average Bonchev–Trinajstić information content (AvgIpc) is 2.37. The van der Waals surface area contributed by atoms with E-state index >= 15 is 0 Å². The first-order valence-corrected chi connectivity index (χ1v) is 6.82. The first-order chi connectivity index (χ1) is 8.67. The molecular formula is C15H23F2N. The third-order valence-electron chi connectivity index (χ3n) is 3.30. The number of benzene rings is 1. The Labute approximate surface area is 109 Å². The fourth-order valence-electron chi connectivity index (χ4n) is 2.03. The van der Waals surface area contributed by atoms with Crippen molar-refractivity contribution in [3.05, 3.63) is 35.4 Å². The van der Waals surface area contributed by atoms with Crippen LogP contribution in [0.4, 0.5) is 8.78 Å². The minimum Gasteiger partial charge on any atom is -0.312 e. The van der Waals surface area contributed by atoms with Crippen LogP contribution in [0.3, 0.4) is 0 Å². The van der Waals surface area contributed by atoms with E-state index in [-0.39, 0.29) is 11.6 Å². The highest BCUT2D eigenvalue weighted by Crippen LogP contribution is 2.13. The van der Waals surface area contributed by atoms with E-state index in [1.54, 1.807) is 0 Å². The van der Waals surface area contributed by atoms with Crippen molar-refractivity contribution in [1.29, 1.82) is 0 Å². The molecule has 1 aromatic carbocycles. The largest absolute Gasteiger partial charge is 0.312 e. The third kappa shape index (κ3) is 5.13. The van der Waals surface area contributed by atoms with Gasteiger partial charge in [-0.15, -0.1) is 0 Å². The molecule has 0 aliphatic carbocycles. The molecule has 1 rings (SSSR count). The Kier molecular flexibility index (Phi) is 6.88. The van der Waals surface area contributed by atoms with Gasteiger partial charge in [-0.2, -0.15) is 0 Å². The highest BCUT2D eigenvalue weighted by atomic mass is 19.1. The van der Waals surface area contributed by atoms with Gasteiger partial charge in [0.2, 0.25) is 0 Å². The standard InChI is InChI=1S/C15H23F2N/c1-3-5-6-12(4-2)10-18-11-13-9-14(16)7-8-15(13)17/h7-9,12,18H,3-6,10-11H2,1-2H3. The number of hydrogen-bond acceptors (Lipinski definition) is 1. The molecule has 1 nitrogen and oxygen atoms in total. The molecule has 1 unspecified atom stereocenters. The molecule has 0 aliphatic heterocycles. The van der Waals surface area contributed by atoms with E-state index in [4.69, 9.17) is 0 Å². The Balaban J connectivity index is 2.37. The molecule has 102 valence electrons. The van der Waals surface area contributed by atoms with Gasteiger partial charge in [0.1, 0.15) is 11.6 Å². The minimum absolute atomic E-state index is 0.342. The van der Waals surface area contributed by atoms with Gasteiger partial charge >= 0.3 is 0 Å². The van der Waals surface area contributed by atoms with Gasteiger partial charge in [0, 0.05) is 12.1 Å². The van der Waals surface area contributed by atoms with E-state index in [0.717, 1.165) is 19.0 Å². The molecule has 0 heterocycles. The molecule has 0 radical (unpaired) electrons. The molecule has 18 heavy (non-hydrogen) atoms. The quantitative estimate of drug-likeness (QED) is 0.731. The molecule has 0 spiro atoms. The molecule has 0 aliphatic rings. The second kappa shape index (κ2) is 8.20. The molecule has 0 saturated carbocycles. The summed E-state index contributed by atoms with van der Waals surface area (Å²) in [6.45, 7) is 5.62. The Morgan fingerprint density at radius 2 is 2.00 bits per heavy atom. The molecule has 0 aromatic heterocycles. The van der Waals surface area contributed by atoms with Crippen LogP contribution in [0.5, 0.6) is 0 Å². The van der Waals surface area contributed by atoms with Crippen molar-refractivity contribution in [1.82, 2.24) is 5.32 Å². The van der Waals surface area contributed by atoms with Gasteiger partial charge in [-0.05, 0) is 37.1 Å². The molecule has 0 fully saturated rings. The number of nitrogens with one attached hydrogen (secondary N) is 1. The number of unbranched alkanes of at least 4 members (excludes halogenated alkanes) is 1. The van der Waals surface area contributed by atoms with Gasteiger partial charge in [0.25, 0.3) is 0 Å². The first-order valence-electron chi connectivity index (χ1n) is 6.82. The lowest BCUT2D eigenvalue weighted by Gasteiger charge is -2.15. The van der Waals surface area contributed by atoms with E-state index in [9.17, 15) is 8.78 Å². The number of hydrogen-bond donors (Lipinski definition) is 1. The fraction of sp³-hybridized carbons (Fsp3) is 0.600. The van der Waals surface area contributed by atoms with Gasteiger partial charge in [-0.1, -0.05) is 33.1 Å². The summed E-state index contributed by atoms with van der Waals surface area (Å²) in [5.41, 5.74) is 0.403. The summed E-state index contributed by atoms with van der Waals surface area (Å²) in [6, 6.07) is 3.59. The Morgan fingerprint density at radius 3 is 2.67 bits per heavy atom. The second-order valence-corrected chi connectivity index (χ2v) is 4.78. The molecular weight excluding hydrogens is 232 g/mol. The smallest absolute Gasteiger partial charge is 0.127 e. The second-order valence-electron chi connectivity index (χ2n) is 4.78. The van der Waals surface area contributed by atoms with Crippen molar-refractivity contribution < 1.29 is 8.78 Å². The van der Waals surface area contributed by atoms with E-state index < -0.39 is 0 Å². The van der Waals surface area contributed by atoms with Crippen LogP contribution < -0.4 is 5.32 Å². The van der Waals surface area contributed by atoms with Gasteiger partial charge in [-0.3, -0.25) is 0 Å². The lowest BCUT2D eigenvalue weighted by atomic mass is 9.99. The van der Waals surface area contributed by atoms with Crippen LogP contribution in [-0.2, 0) is 6.54 Å². The molecule has 1 N–H and O–H groups in total. The zero-order chi connectivity index (χ0) is 13.4. The van der Waals surface area contributed by atoms with Crippen molar-refractivity contribution in [3.8, 4) is 0 Å². The summed E-state index contributed by atoms with van der Waals surface area (Å²) in [5.74, 6) is -0.0988. The SMILES string of the molecule is CCCCC(CC)CNCc1cc(F)ccc1F. The third-order valence-corrected chi connectivity index (χ3v) is 3.30. The van der Waals surface area contributed by atoms with E-state index in [2.05, 4.69) is 19.2 Å². The Hall–Kier alpha value is -0.960. The summed E-state index contributed by atoms with van der Waals surface area (Å²) in [5, 5.41) is 3.22. The van der Waals surface area contributed by atoms with Crippen molar-refractivity contribution in [2.45, 2.75) is 46.1 Å². The summed E-state index contributed by atoms with van der Waals surface area (Å²) in [7, 11) is 0. The monoisotopic (exact) mass is 255 g/mol. The highest BCUT2D eigenvalue weighted by molar-refractivity contribution is 5.18. The van der Waals surface area contributed by atoms with Crippen LogP contribution in [0.1, 0.15) is 45.1 Å². The fourth-order valence-corrected chi connectivity index (χ4v) is 2.03. The van der Waals surface area contributed by atoms with Crippen LogP contribution in [0.25, 0.3) is 0 Å². The van der Waals surface area contributed by atoms with Crippen LogP contribution in [0.15, 0.2) is 18.2 Å².